The lowest BCUT2D eigenvalue weighted by molar-refractivity contribution is 0.287. The van der Waals surface area contributed by atoms with Crippen molar-refractivity contribution >= 4 is 47.6 Å². The van der Waals surface area contributed by atoms with E-state index >= 15 is 0 Å². The van der Waals surface area contributed by atoms with E-state index in [9.17, 15) is 21.2 Å². The maximum atomic E-state index is 12.7. The Morgan fingerprint density at radius 2 is 1.86 bits per heavy atom. The molecule has 0 radical (unpaired) electrons. The van der Waals surface area contributed by atoms with E-state index in [1.165, 1.54) is 32.0 Å². The summed E-state index contributed by atoms with van der Waals surface area (Å²) >= 11 is 8.71. The molecule has 0 atom stereocenters. The zero-order chi connectivity index (χ0) is 16.5. The fraction of sp³-hybridized carbons (Fsp3) is 0.455. The molecule has 0 amide bonds. The highest BCUT2D eigenvalue weighted by atomic mass is 79.9. The molecule has 0 fully saturated rings. The molecule has 0 aromatic heterocycles. The van der Waals surface area contributed by atoms with Gasteiger partial charge in [0, 0.05) is 14.9 Å². The van der Waals surface area contributed by atoms with Crippen molar-refractivity contribution in [1.29, 1.82) is 0 Å². The molecule has 1 rings (SSSR count). The van der Waals surface area contributed by atoms with Gasteiger partial charge in [-0.25, -0.2) is 16.8 Å². The van der Waals surface area contributed by atoms with Crippen LogP contribution in [-0.2, 0) is 20.0 Å². The summed E-state index contributed by atoms with van der Waals surface area (Å²) in [6, 6.07) is 3.82. The van der Waals surface area contributed by atoms with Crippen LogP contribution in [0.3, 0.4) is 0 Å². The fourth-order valence-electron chi connectivity index (χ4n) is 1.49. The molecular formula is C11H14BrClFNO4S2. The first-order valence-corrected chi connectivity index (χ1v) is 9.96. The van der Waals surface area contributed by atoms with Crippen molar-refractivity contribution in [3.05, 3.63) is 27.7 Å². The van der Waals surface area contributed by atoms with Gasteiger partial charge in [-0.1, -0.05) is 25.4 Å². The van der Waals surface area contributed by atoms with E-state index in [0.717, 1.165) is 0 Å². The summed E-state index contributed by atoms with van der Waals surface area (Å²) in [5.74, 6) is -0.652. The van der Waals surface area contributed by atoms with E-state index in [4.69, 9.17) is 11.6 Å². The highest BCUT2D eigenvalue weighted by Crippen LogP contribution is 2.26. The zero-order valence-electron chi connectivity index (χ0n) is 11.2. The minimum absolute atomic E-state index is 0.127. The molecule has 0 saturated carbocycles. The maximum absolute atomic E-state index is 12.7. The molecule has 0 aliphatic carbocycles. The van der Waals surface area contributed by atoms with Crippen LogP contribution < -0.4 is 4.13 Å². The Balaban J connectivity index is 3.11. The molecule has 21 heavy (non-hydrogen) atoms. The minimum Gasteiger partial charge on any atom is -0.250 e. The molecule has 0 aliphatic heterocycles. The van der Waals surface area contributed by atoms with Crippen LogP contribution >= 0.6 is 27.5 Å². The molecule has 5 nitrogen and oxygen atoms in total. The lowest BCUT2D eigenvalue weighted by atomic mass is 9.99. The van der Waals surface area contributed by atoms with E-state index < -0.39 is 37.9 Å². The van der Waals surface area contributed by atoms with Crippen LogP contribution in [0, 0.1) is 5.41 Å². The molecule has 1 aromatic carbocycles. The molecule has 0 bridgehead atoms. The number of alkyl halides is 1. The zero-order valence-corrected chi connectivity index (χ0v) is 15.2. The Bertz CT molecular complexity index is 735. The van der Waals surface area contributed by atoms with Gasteiger partial charge < -0.3 is 0 Å². The first-order chi connectivity index (χ1) is 9.38. The van der Waals surface area contributed by atoms with Crippen LogP contribution in [0.2, 0.25) is 5.02 Å². The van der Waals surface area contributed by atoms with Crippen molar-refractivity contribution in [2.45, 2.75) is 18.7 Å². The van der Waals surface area contributed by atoms with E-state index in [1.807, 2.05) is 0 Å². The third kappa shape index (κ3) is 5.48. The number of halogens is 3. The van der Waals surface area contributed by atoms with Gasteiger partial charge in [-0.05, 0) is 34.1 Å². The molecule has 120 valence electrons. The van der Waals surface area contributed by atoms with Crippen LogP contribution in [0.5, 0.6) is 0 Å². The second-order valence-electron chi connectivity index (χ2n) is 5.22. The fourth-order valence-corrected chi connectivity index (χ4v) is 6.41. The van der Waals surface area contributed by atoms with Crippen LogP contribution in [0.15, 0.2) is 27.6 Å². The molecule has 0 spiro atoms. The quantitative estimate of drug-likeness (QED) is 0.764. The molecule has 0 unspecified atom stereocenters. The van der Waals surface area contributed by atoms with Crippen molar-refractivity contribution in [2.75, 3.05) is 12.4 Å². The lowest BCUT2D eigenvalue weighted by Crippen LogP contribution is -2.38. The number of hydrogen-bond donors (Lipinski definition) is 1. The van der Waals surface area contributed by atoms with Crippen molar-refractivity contribution in [2.24, 2.45) is 5.41 Å². The minimum atomic E-state index is -4.31. The summed E-state index contributed by atoms with van der Waals surface area (Å²) in [5.41, 5.74) is -1.18. The standard InChI is InChI=1S/C11H14BrClFNO4S2/c1-11(2,6-14)7-20(16,17)15-21(18,19)10-4-3-8(13)5-9(10)12/h3-5,15H,6-7H2,1-2H3. The Kier molecular flexibility index (Phi) is 5.82. The van der Waals surface area contributed by atoms with Crippen molar-refractivity contribution < 1.29 is 21.2 Å². The smallest absolute Gasteiger partial charge is 0.250 e. The van der Waals surface area contributed by atoms with Crippen LogP contribution in [0.25, 0.3) is 0 Å². The van der Waals surface area contributed by atoms with Gasteiger partial charge in [0.25, 0.3) is 10.0 Å². The second-order valence-corrected chi connectivity index (χ2v) is 10.1. The summed E-state index contributed by atoms with van der Waals surface area (Å²) in [4.78, 5) is -0.270. The van der Waals surface area contributed by atoms with Gasteiger partial charge in [-0.15, -0.1) is 4.13 Å². The summed E-state index contributed by atoms with van der Waals surface area (Å²) in [6.45, 7) is 1.88. The largest absolute Gasteiger partial charge is 0.254 e. The van der Waals surface area contributed by atoms with Crippen LogP contribution in [0.4, 0.5) is 4.39 Å². The third-order valence-electron chi connectivity index (χ3n) is 2.36. The third-order valence-corrected chi connectivity index (χ3v) is 7.51. The molecular weight excluding hydrogens is 409 g/mol. The van der Waals surface area contributed by atoms with Crippen LogP contribution in [-0.4, -0.2) is 29.3 Å². The van der Waals surface area contributed by atoms with Gasteiger partial charge in [0.05, 0.1) is 17.3 Å². The van der Waals surface area contributed by atoms with Crippen molar-refractivity contribution in [3.63, 3.8) is 0 Å². The summed E-state index contributed by atoms with van der Waals surface area (Å²) < 4.78 is 62.4. The SMILES string of the molecule is CC(C)(CF)CS(=O)(=O)NS(=O)(=O)c1ccc(Cl)cc1Br. The van der Waals surface area contributed by atoms with E-state index in [1.54, 1.807) is 4.13 Å². The number of nitrogens with one attached hydrogen (secondary N) is 1. The molecule has 0 aliphatic rings. The first-order valence-electron chi connectivity index (χ1n) is 5.66. The molecule has 0 heterocycles. The molecule has 1 aromatic rings. The van der Waals surface area contributed by atoms with E-state index in [2.05, 4.69) is 15.9 Å². The van der Waals surface area contributed by atoms with Crippen molar-refractivity contribution in [1.82, 2.24) is 4.13 Å². The Morgan fingerprint density at radius 3 is 2.33 bits per heavy atom. The van der Waals surface area contributed by atoms with Gasteiger partial charge in [-0.2, -0.15) is 0 Å². The predicted octanol–water partition coefficient (Wildman–Crippen LogP) is 2.71. The van der Waals surface area contributed by atoms with Crippen LogP contribution in [0.1, 0.15) is 13.8 Å². The van der Waals surface area contributed by atoms with E-state index in [-0.39, 0.29) is 9.37 Å². The van der Waals surface area contributed by atoms with Crippen molar-refractivity contribution in [3.8, 4) is 0 Å². The Labute approximate surface area is 137 Å². The predicted molar refractivity (Wildman–Crippen MR) is 83.0 cm³/mol. The monoisotopic (exact) mass is 421 g/mol. The average molecular weight is 423 g/mol. The second kappa shape index (κ2) is 6.49. The summed E-state index contributed by atoms with van der Waals surface area (Å²) in [5, 5.41) is 0.294. The van der Waals surface area contributed by atoms with Gasteiger partial charge in [-0.3, -0.25) is 4.39 Å². The average Bonchev–Trinajstić information content (AvgIpc) is 2.24. The normalized spacial score (nSPS) is 13.4. The van der Waals surface area contributed by atoms with Gasteiger partial charge in [0.2, 0.25) is 10.0 Å². The molecule has 1 N–H and O–H groups in total. The highest BCUT2D eigenvalue weighted by Gasteiger charge is 2.31. The number of hydrogen-bond acceptors (Lipinski definition) is 4. The topological polar surface area (TPSA) is 80.3 Å². The first kappa shape index (κ1) is 18.8. The van der Waals surface area contributed by atoms with Gasteiger partial charge in [0.1, 0.15) is 0 Å². The van der Waals surface area contributed by atoms with E-state index in [0.29, 0.717) is 5.02 Å². The lowest BCUT2D eigenvalue weighted by Gasteiger charge is -2.20. The Morgan fingerprint density at radius 1 is 1.29 bits per heavy atom. The Hall–Kier alpha value is -0.220. The number of rotatable bonds is 6. The highest BCUT2D eigenvalue weighted by molar-refractivity contribution is 9.10. The maximum Gasteiger partial charge on any atom is 0.254 e. The summed E-state index contributed by atoms with van der Waals surface area (Å²) in [7, 11) is -8.53. The molecule has 10 heteroatoms. The number of sulfonamides is 2. The number of benzene rings is 1. The molecule has 0 saturated heterocycles. The van der Waals surface area contributed by atoms with Gasteiger partial charge >= 0.3 is 0 Å². The summed E-state index contributed by atoms with van der Waals surface area (Å²) in [6.07, 6.45) is 0. The van der Waals surface area contributed by atoms with Gasteiger partial charge in [0.15, 0.2) is 0 Å².